The molecular formula is C43H68N10O12S. The van der Waals surface area contributed by atoms with Crippen LogP contribution in [0, 0.1) is 17.8 Å². The molecule has 3 amide bonds. The van der Waals surface area contributed by atoms with E-state index < -0.39 is 46.7 Å². The lowest BCUT2D eigenvalue weighted by atomic mass is 9.85. The summed E-state index contributed by atoms with van der Waals surface area (Å²) in [6, 6.07) is 5.91. The number of likely N-dealkylation sites (tertiary alicyclic amines) is 1. The largest absolute Gasteiger partial charge is 0.391 e. The number of thiazole rings is 1. The van der Waals surface area contributed by atoms with Gasteiger partial charge in [0.25, 0.3) is 0 Å². The standard InChI is InChI=1S/C43H68N10O12S/c1-32-38(66-31-47-32)34-8-6-33(7-9-34)25-46-40(56)36-24-35(54)26-53(36)41(57)39(42(2,3)4)50-37(55)27-62-20-23-65-30-43(5,28-63-21-18-60-16-14-58-12-10-48-51-44)29-64-22-19-61-17-15-59-13-11-49-52-45/h6-9,31,35-36,39,54H,10-30H2,1-5H3,(H,46,56)(H,50,55). The molecule has 1 aromatic carbocycles. The monoisotopic (exact) mass is 948 g/mol. The number of azide groups is 2. The average Bonchev–Trinajstić information content (AvgIpc) is 3.91. The van der Waals surface area contributed by atoms with Crippen molar-refractivity contribution in [2.75, 3.05) is 125 Å². The highest BCUT2D eigenvalue weighted by molar-refractivity contribution is 7.13. The highest BCUT2D eigenvalue weighted by Crippen LogP contribution is 2.28. The lowest BCUT2D eigenvalue weighted by Crippen LogP contribution is -2.58. The Morgan fingerprint density at radius 3 is 1.79 bits per heavy atom. The number of hydrogen-bond donors (Lipinski definition) is 3. The second kappa shape index (κ2) is 31.5. The van der Waals surface area contributed by atoms with E-state index in [-0.39, 0.29) is 59.0 Å². The van der Waals surface area contributed by atoms with Gasteiger partial charge in [-0.05, 0) is 34.5 Å². The number of carbonyl (C=O) groups is 3. The molecule has 0 radical (unpaired) electrons. The van der Waals surface area contributed by atoms with E-state index in [1.165, 1.54) is 4.90 Å². The fourth-order valence-electron chi connectivity index (χ4n) is 6.53. The Bertz CT molecular complexity index is 1780. The Balaban J connectivity index is 1.43. The maximum Gasteiger partial charge on any atom is 0.246 e. The molecule has 0 saturated carbocycles. The molecule has 22 nitrogen and oxygen atoms in total. The second-order valence-electron chi connectivity index (χ2n) is 16.8. The van der Waals surface area contributed by atoms with Gasteiger partial charge in [0.05, 0.1) is 121 Å². The summed E-state index contributed by atoms with van der Waals surface area (Å²) in [5.74, 6) is -1.38. The number of nitrogens with zero attached hydrogens (tertiary/aromatic N) is 8. The van der Waals surface area contributed by atoms with Crippen LogP contribution < -0.4 is 10.6 Å². The molecule has 0 aliphatic carbocycles. The number of amides is 3. The maximum absolute atomic E-state index is 14.0. The van der Waals surface area contributed by atoms with E-state index in [0.29, 0.717) is 79.3 Å². The van der Waals surface area contributed by atoms with E-state index in [1.54, 1.807) is 16.8 Å². The number of aliphatic hydroxyl groups excluding tert-OH is 1. The fourth-order valence-corrected chi connectivity index (χ4v) is 7.34. The minimum atomic E-state index is -1.00. The van der Waals surface area contributed by atoms with E-state index in [2.05, 4.69) is 35.7 Å². The molecule has 3 unspecified atom stereocenters. The molecule has 3 atom stereocenters. The van der Waals surface area contributed by atoms with Crippen LogP contribution in [0.5, 0.6) is 0 Å². The Morgan fingerprint density at radius 1 is 0.803 bits per heavy atom. The number of aryl methyl sites for hydroxylation is 1. The van der Waals surface area contributed by atoms with Crippen molar-refractivity contribution in [3.63, 3.8) is 0 Å². The molecule has 2 aromatic rings. The normalized spacial score (nSPS) is 16.2. The van der Waals surface area contributed by atoms with Gasteiger partial charge < -0.3 is 58.5 Å². The van der Waals surface area contributed by atoms with Crippen molar-refractivity contribution >= 4 is 29.1 Å². The summed E-state index contributed by atoms with van der Waals surface area (Å²) in [6.07, 6.45) is -0.819. The van der Waals surface area contributed by atoms with E-state index >= 15 is 0 Å². The van der Waals surface area contributed by atoms with Crippen molar-refractivity contribution in [2.45, 2.75) is 65.8 Å². The number of ether oxygens (including phenoxy) is 8. The van der Waals surface area contributed by atoms with Gasteiger partial charge in [-0.15, -0.1) is 11.3 Å². The Labute approximate surface area is 390 Å². The van der Waals surface area contributed by atoms with E-state index in [4.69, 9.17) is 49.0 Å². The molecule has 3 N–H and O–H groups in total. The van der Waals surface area contributed by atoms with Gasteiger partial charge in [-0.2, -0.15) is 0 Å². The summed E-state index contributed by atoms with van der Waals surface area (Å²) >= 11 is 1.56. The molecule has 1 saturated heterocycles. The lowest BCUT2D eigenvalue weighted by molar-refractivity contribution is -0.144. The third kappa shape index (κ3) is 21.9. The molecule has 1 fully saturated rings. The van der Waals surface area contributed by atoms with Crippen molar-refractivity contribution in [3.05, 3.63) is 61.9 Å². The lowest BCUT2D eigenvalue weighted by Gasteiger charge is -2.35. The average molecular weight is 949 g/mol. The number of rotatable bonds is 35. The summed E-state index contributed by atoms with van der Waals surface area (Å²) in [7, 11) is 0. The predicted octanol–water partition coefficient (Wildman–Crippen LogP) is 3.99. The molecule has 0 bridgehead atoms. The van der Waals surface area contributed by atoms with Crippen molar-refractivity contribution in [2.24, 2.45) is 21.1 Å². The third-order valence-electron chi connectivity index (χ3n) is 9.95. The summed E-state index contributed by atoms with van der Waals surface area (Å²) in [5.41, 5.74) is 20.0. The molecule has 2 heterocycles. The van der Waals surface area contributed by atoms with Crippen LogP contribution in [0.2, 0.25) is 0 Å². The zero-order valence-corrected chi connectivity index (χ0v) is 39.7. The number of hydrogen-bond acceptors (Lipinski definition) is 16. The van der Waals surface area contributed by atoms with Crippen LogP contribution in [-0.4, -0.2) is 176 Å². The Kier molecular flexibility index (Phi) is 26.6. The highest BCUT2D eigenvalue weighted by Gasteiger charge is 2.44. The van der Waals surface area contributed by atoms with E-state index in [0.717, 1.165) is 21.7 Å². The smallest absolute Gasteiger partial charge is 0.246 e. The van der Waals surface area contributed by atoms with Crippen LogP contribution in [0.15, 0.2) is 40.0 Å². The minimum absolute atomic E-state index is 0.0397. The molecule has 368 valence electrons. The summed E-state index contributed by atoms with van der Waals surface area (Å²) in [4.78, 5) is 52.7. The molecule has 66 heavy (non-hydrogen) atoms. The van der Waals surface area contributed by atoms with Gasteiger partial charge in [-0.25, -0.2) is 4.98 Å². The first-order valence-corrected chi connectivity index (χ1v) is 22.8. The van der Waals surface area contributed by atoms with Crippen molar-refractivity contribution < 1.29 is 57.4 Å². The molecular weight excluding hydrogens is 881 g/mol. The number of benzene rings is 1. The van der Waals surface area contributed by atoms with Crippen molar-refractivity contribution in [1.29, 1.82) is 0 Å². The van der Waals surface area contributed by atoms with Gasteiger partial charge in [0.1, 0.15) is 18.7 Å². The molecule has 1 aliphatic rings. The van der Waals surface area contributed by atoms with Crippen LogP contribution in [0.3, 0.4) is 0 Å². The first-order chi connectivity index (χ1) is 31.8. The van der Waals surface area contributed by atoms with Gasteiger partial charge in [0.15, 0.2) is 0 Å². The van der Waals surface area contributed by atoms with Gasteiger partial charge in [0, 0.05) is 47.8 Å². The number of β-amino-alcohol motifs (C(OH)–C–C–N with tert-alkyl or cyclic N) is 1. The van der Waals surface area contributed by atoms with E-state index in [9.17, 15) is 19.5 Å². The SMILES string of the molecule is Cc1ncsc1-c1ccc(CNC(=O)C2CC(O)CN2C(=O)C(NC(=O)COCCOCC(C)(COCCOCCOCCN=[N+]=[N-])COCCOCCOCCN=[N+]=[N-])C(C)(C)C)cc1. The number of nitrogens with one attached hydrogen (secondary N) is 2. The van der Waals surface area contributed by atoms with Crippen LogP contribution in [0.4, 0.5) is 0 Å². The summed E-state index contributed by atoms with van der Waals surface area (Å²) in [6.45, 7) is 14.2. The van der Waals surface area contributed by atoms with Crippen LogP contribution >= 0.6 is 11.3 Å². The fraction of sp³-hybridized carbons (Fsp3) is 0.721. The molecule has 23 heteroatoms. The topological polar surface area (TPSA) is 283 Å². The molecule has 1 aliphatic heterocycles. The number of aromatic nitrogens is 1. The Morgan fingerprint density at radius 2 is 1.30 bits per heavy atom. The van der Waals surface area contributed by atoms with Crippen LogP contribution in [-0.2, 0) is 58.8 Å². The summed E-state index contributed by atoms with van der Waals surface area (Å²) in [5, 5.41) is 23.1. The van der Waals surface area contributed by atoms with Gasteiger partial charge in [0.2, 0.25) is 17.7 Å². The first-order valence-electron chi connectivity index (χ1n) is 22.0. The molecule has 1 aromatic heterocycles. The zero-order valence-electron chi connectivity index (χ0n) is 38.9. The van der Waals surface area contributed by atoms with Gasteiger partial charge >= 0.3 is 0 Å². The zero-order chi connectivity index (χ0) is 48.0. The predicted molar refractivity (Wildman–Crippen MR) is 244 cm³/mol. The summed E-state index contributed by atoms with van der Waals surface area (Å²) < 4.78 is 45.1. The van der Waals surface area contributed by atoms with Crippen LogP contribution in [0.25, 0.3) is 31.3 Å². The van der Waals surface area contributed by atoms with E-state index in [1.807, 2.05) is 58.9 Å². The molecule has 3 rings (SSSR count). The second-order valence-corrected chi connectivity index (χ2v) is 17.7. The van der Waals surface area contributed by atoms with Gasteiger partial charge in [-0.3, -0.25) is 14.4 Å². The maximum atomic E-state index is 14.0. The first kappa shape index (κ1) is 55.8. The molecule has 0 spiro atoms. The quantitative estimate of drug-likeness (QED) is 0.0382. The van der Waals surface area contributed by atoms with Crippen molar-refractivity contribution in [1.82, 2.24) is 20.5 Å². The third-order valence-corrected chi connectivity index (χ3v) is 10.9. The number of aliphatic hydroxyl groups is 1. The highest BCUT2D eigenvalue weighted by atomic mass is 32.1. The van der Waals surface area contributed by atoms with Crippen molar-refractivity contribution in [3.8, 4) is 10.4 Å². The van der Waals surface area contributed by atoms with Gasteiger partial charge in [-0.1, -0.05) is 62.2 Å². The minimum Gasteiger partial charge on any atom is -0.391 e. The van der Waals surface area contributed by atoms with Crippen LogP contribution in [0.1, 0.15) is 45.4 Å². The Hall–Kier alpha value is -4.48. The number of carbonyl (C=O) groups excluding carboxylic acids is 3.